The van der Waals surface area contributed by atoms with Crippen LogP contribution < -0.4 is 10.6 Å². The first-order valence-electron chi connectivity index (χ1n) is 10.1. The molecular weight excluding hydrogens is 362 g/mol. The third kappa shape index (κ3) is 3.65. The molecule has 3 fully saturated rings. The molecule has 1 aromatic rings. The smallest absolute Gasteiger partial charge is 0.237 e. The van der Waals surface area contributed by atoms with Gasteiger partial charge in [-0.05, 0) is 37.7 Å². The Bertz CT molecular complexity index is 771. The highest BCUT2D eigenvalue weighted by atomic mass is 32.2. The number of amides is 1. The molecule has 6 nitrogen and oxygen atoms in total. The fraction of sp³-hybridized carbons (Fsp3) is 0.650. The lowest BCUT2D eigenvalue weighted by molar-refractivity contribution is -0.123. The summed E-state index contributed by atoms with van der Waals surface area (Å²) in [6.45, 7) is 2.23. The van der Waals surface area contributed by atoms with Crippen LogP contribution in [-0.4, -0.2) is 56.1 Å². The molecule has 2 unspecified atom stereocenters. The number of carbonyl (C=O) groups is 1. The van der Waals surface area contributed by atoms with Crippen molar-refractivity contribution in [1.82, 2.24) is 14.9 Å². The first kappa shape index (κ1) is 18.9. The summed E-state index contributed by atoms with van der Waals surface area (Å²) in [6.07, 6.45) is 5.59. The van der Waals surface area contributed by atoms with Crippen molar-refractivity contribution >= 4 is 15.9 Å². The SMILES string of the molecule is O=C(NCC1(c2ccccc2)CCC1)C1CC(S(=O)(=O)N2CCCC2)CN1. The molecule has 2 atom stereocenters. The van der Waals surface area contributed by atoms with E-state index in [1.54, 1.807) is 4.31 Å². The van der Waals surface area contributed by atoms with E-state index in [4.69, 9.17) is 0 Å². The molecule has 2 aliphatic heterocycles. The fourth-order valence-electron chi connectivity index (χ4n) is 4.63. The average Bonchev–Trinajstić information content (AvgIpc) is 3.34. The Labute approximate surface area is 161 Å². The molecule has 0 spiro atoms. The van der Waals surface area contributed by atoms with Crippen LogP contribution in [0.25, 0.3) is 0 Å². The predicted octanol–water partition coefficient (Wildman–Crippen LogP) is 1.38. The van der Waals surface area contributed by atoms with Crippen molar-refractivity contribution in [2.24, 2.45) is 0 Å². The van der Waals surface area contributed by atoms with Gasteiger partial charge in [-0.2, -0.15) is 0 Å². The van der Waals surface area contributed by atoms with Gasteiger partial charge in [0.2, 0.25) is 15.9 Å². The average molecular weight is 392 g/mol. The molecule has 0 bridgehead atoms. The van der Waals surface area contributed by atoms with Crippen molar-refractivity contribution in [1.29, 1.82) is 0 Å². The maximum Gasteiger partial charge on any atom is 0.237 e. The number of hydrogen-bond donors (Lipinski definition) is 2. The first-order chi connectivity index (χ1) is 13.0. The normalized spacial score (nSPS) is 28.0. The van der Waals surface area contributed by atoms with Gasteiger partial charge < -0.3 is 10.6 Å². The van der Waals surface area contributed by atoms with Gasteiger partial charge in [-0.25, -0.2) is 12.7 Å². The van der Waals surface area contributed by atoms with Gasteiger partial charge >= 0.3 is 0 Å². The van der Waals surface area contributed by atoms with E-state index in [0.29, 0.717) is 32.6 Å². The van der Waals surface area contributed by atoms with Crippen LogP contribution in [0.3, 0.4) is 0 Å². The predicted molar refractivity (Wildman–Crippen MR) is 105 cm³/mol. The molecule has 148 valence electrons. The second-order valence-electron chi connectivity index (χ2n) is 8.19. The lowest BCUT2D eigenvalue weighted by Gasteiger charge is -2.42. The van der Waals surface area contributed by atoms with E-state index in [-0.39, 0.29) is 11.3 Å². The molecule has 2 N–H and O–H groups in total. The van der Waals surface area contributed by atoms with Crippen LogP contribution in [0.15, 0.2) is 30.3 Å². The maximum absolute atomic E-state index is 12.7. The summed E-state index contributed by atoms with van der Waals surface area (Å²) in [5, 5.41) is 5.74. The Morgan fingerprint density at radius 3 is 2.48 bits per heavy atom. The van der Waals surface area contributed by atoms with Crippen LogP contribution in [0.5, 0.6) is 0 Å². The Morgan fingerprint density at radius 1 is 1.15 bits per heavy atom. The van der Waals surface area contributed by atoms with E-state index < -0.39 is 21.3 Å². The van der Waals surface area contributed by atoms with E-state index in [1.165, 1.54) is 12.0 Å². The van der Waals surface area contributed by atoms with E-state index in [9.17, 15) is 13.2 Å². The molecule has 1 aromatic carbocycles. The van der Waals surface area contributed by atoms with Crippen molar-refractivity contribution in [3.05, 3.63) is 35.9 Å². The zero-order chi connectivity index (χ0) is 18.9. The summed E-state index contributed by atoms with van der Waals surface area (Å²) < 4.78 is 27.0. The van der Waals surface area contributed by atoms with Crippen LogP contribution >= 0.6 is 0 Å². The number of sulfonamides is 1. The lowest BCUT2D eigenvalue weighted by atomic mass is 9.64. The van der Waals surface area contributed by atoms with Crippen LogP contribution in [0, 0.1) is 0 Å². The summed E-state index contributed by atoms with van der Waals surface area (Å²) in [4.78, 5) is 12.7. The Kier molecular flexibility index (Phi) is 5.27. The van der Waals surface area contributed by atoms with Crippen LogP contribution in [0.2, 0.25) is 0 Å². The van der Waals surface area contributed by atoms with Gasteiger partial charge in [0, 0.05) is 31.6 Å². The summed E-state index contributed by atoms with van der Waals surface area (Å²) in [6, 6.07) is 9.96. The number of benzene rings is 1. The Balaban J connectivity index is 1.34. The fourth-order valence-corrected chi connectivity index (χ4v) is 6.56. The highest BCUT2D eigenvalue weighted by Crippen LogP contribution is 2.43. The van der Waals surface area contributed by atoms with Gasteiger partial charge in [0.1, 0.15) is 0 Å². The molecule has 3 aliphatic rings. The van der Waals surface area contributed by atoms with Crippen LogP contribution in [-0.2, 0) is 20.2 Å². The molecular formula is C20H29N3O3S. The number of nitrogens with zero attached hydrogens (tertiary/aromatic N) is 1. The molecule has 4 rings (SSSR count). The van der Waals surface area contributed by atoms with Gasteiger partial charge in [0.05, 0.1) is 11.3 Å². The van der Waals surface area contributed by atoms with Crippen LogP contribution in [0.1, 0.15) is 44.1 Å². The van der Waals surface area contributed by atoms with E-state index in [1.807, 2.05) is 18.2 Å². The third-order valence-electron chi connectivity index (χ3n) is 6.55. The molecule has 2 heterocycles. The maximum atomic E-state index is 12.7. The molecule has 1 saturated carbocycles. The topological polar surface area (TPSA) is 78.5 Å². The minimum Gasteiger partial charge on any atom is -0.354 e. The standard InChI is InChI=1S/C20H29N3O3S/c24-19(22-15-20(9-6-10-20)16-7-2-1-3-8-16)18-13-17(14-21-18)27(25,26)23-11-4-5-12-23/h1-3,7-8,17-18,21H,4-6,9-15H2,(H,22,24). The number of hydrogen-bond acceptors (Lipinski definition) is 4. The summed E-state index contributed by atoms with van der Waals surface area (Å²) in [7, 11) is -3.29. The molecule has 7 heteroatoms. The third-order valence-corrected chi connectivity index (χ3v) is 8.84. The zero-order valence-electron chi connectivity index (χ0n) is 15.7. The molecule has 1 aliphatic carbocycles. The molecule has 27 heavy (non-hydrogen) atoms. The van der Waals surface area contributed by atoms with Crippen molar-refractivity contribution in [3.8, 4) is 0 Å². The number of nitrogens with one attached hydrogen (secondary N) is 2. The quantitative estimate of drug-likeness (QED) is 0.768. The molecule has 1 amide bonds. The minimum absolute atomic E-state index is 0.0382. The summed E-state index contributed by atoms with van der Waals surface area (Å²) in [5.74, 6) is -0.0728. The van der Waals surface area contributed by atoms with Crippen molar-refractivity contribution in [2.45, 2.75) is 55.2 Å². The monoisotopic (exact) mass is 391 g/mol. The van der Waals surface area contributed by atoms with E-state index in [2.05, 4.69) is 22.8 Å². The lowest BCUT2D eigenvalue weighted by Crippen LogP contribution is -2.49. The number of rotatable bonds is 6. The Morgan fingerprint density at radius 2 is 1.85 bits per heavy atom. The molecule has 0 radical (unpaired) electrons. The van der Waals surface area contributed by atoms with Gasteiger partial charge in [-0.1, -0.05) is 36.8 Å². The van der Waals surface area contributed by atoms with Gasteiger partial charge in [-0.3, -0.25) is 4.79 Å². The van der Waals surface area contributed by atoms with Gasteiger partial charge in [0.25, 0.3) is 0 Å². The number of carbonyl (C=O) groups excluding carboxylic acids is 1. The second-order valence-corrected chi connectivity index (χ2v) is 10.4. The largest absolute Gasteiger partial charge is 0.354 e. The van der Waals surface area contributed by atoms with Gasteiger partial charge in [-0.15, -0.1) is 0 Å². The van der Waals surface area contributed by atoms with E-state index in [0.717, 1.165) is 25.7 Å². The highest BCUT2D eigenvalue weighted by molar-refractivity contribution is 7.89. The minimum atomic E-state index is -3.29. The molecule has 0 aromatic heterocycles. The van der Waals surface area contributed by atoms with Crippen molar-refractivity contribution < 1.29 is 13.2 Å². The summed E-state index contributed by atoms with van der Waals surface area (Å²) in [5.41, 5.74) is 1.32. The van der Waals surface area contributed by atoms with Crippen molar-refractivity contribution in [3.63, 3.8) is 0 Å². The molecule has 2 saturated heterocycles. The second kappa shape index (κ2) is 7.53. The first-order valence-corrected chi connectivity index (χ1v) is 11.6. The summed E-state index contributed by atoms with van der Waals surface area (Å²) >= 11 is 0. The zero-order valence-corrected chi connectivity index (χ0v) is 16.5. The van der Waals surface area contributed by atoms with Gasteiger partial charge in [0.15, 0.2) is 0 Å². The van der Waals surface area contributed by atoms with E-state index >= 15 is 0 Å². The van der Waals surface area contributed by atoms with Crippen molar-refractivity contribution in [2.75, 3.05) is 26.2 Å². The van der Waals surface area contributed by atoms with Crippen LogP contribution in [0.4, 0.5) is 0 Å². The Hall–Kier alpha value is -1.44. The highest BCUT2D eigenvalue weighted by Gasteiger charge is 2.42.